The second-order valence-corrected chi connectivity index (χ2v) is 12.4. The third kappa shape index (κ3) is 6.30. The lowest BCUT2D eigenvalue weighted by Gasteiger charge is -2.33. The minimum Gasteiger partial charge on any atom is -0.382 e. The minimum atomic E-state index is -0.0922. The number of ether oxygens (including phenoxy) is 1. The van der Waals surface area contributed by atoms with E-state index >= 15 is 0 Å². The summed E-state index contributed by atoms with van der Waals surface area (Å²) >= 11 is 0. The molecule has 1 atom stereocenters. The molecule has 0 unspecified atom stereocenters. The highest BCUT2D eigenvalue weighted by Crippen LogP contribution is 2.26. The second-order valence-electron chi connectivity index (χ2n) is 12.4. The molecular formula is C32H39N9O3. The number of carbonyl (C=O) groups is 2. The molecule has 4 aromatic rings. The number of anilines is 4. The first-order valence-electron chi connectivity index (χ1n) is 15.1. The van der Waals surface area contributed by atoms with Crippen molar-refractivity contribution >= 4 is 40.7 Å². The van der Waals surface area contributed by atoms with Crippen LogP contribution in [0.3, 0.4) is 0 Å². The summed E-state index contributed by atoms with van der Waals surface area (Å²) < 4.78 is 6.93. The van der Waals surface area contributed by atoms with Crippen molar-refractivity contribution in [3.8, 4) is 0 Å². The summed E-state index contributed by atoms with van der Waals surface area (Å²) in [5, 5.41) is 11.2. The number of morpholine rings is 1. The largest absolute Gasteiger partial charge is 0.382 e. The molecule has 44 heavy (non-hydrogen) atoms. The fraction of sp³-hybridized carbons (Fsp3) is 0.406. The summed E-state index contributed by atoms with van der Waals surface area (Å²) in [7, 11) is 0. The van der Waals surface area contributed by atoms with Crippen LogP contribution in [0.25, 0.3) is 5.65 Å². The van der Waals surface area contributed by atoms with Crippen LogP contribution in [0.2, 0.25) is 0 Å². The molecule has 2 amide bonds. The van der Waals surface area contributed by atoms with Crippen molar-refractivity contribution in [2.75, 3.05) is 55.3 Å². The van der Waals surface area contributed by atoms with Gasteiger partial charge in [-0.3, -0.25) is 9.59 Å². The van der Waals surface area contributed by atoms with Gasteiger partial charge in [0, 0.05) is 49.0 Å². The van der Waals surface area contributed by atoms with Crippen molar-refractivity contribution in [2.45, 2.75) is 45.1 Å². The Labute approximate surface area is 256 Å². The lowest BCUT2D eigenvalue weighted by Crippen LogP contribution is -2.48. The third-order valence-electron chi connectivity index (χ3n) is 8.12. The van der Waals surface area contributed by atoms with Crippen LogP contribution in [-0.4, -0.2) is 81.7 Å². The molecule has 0 radical (unpaired) electrons. The standard InChI is InChI=1S/C32H39N9O3/c1-32(2,3)23-10-6-21(7-11-23)29(42)36-25-5-4-14-40(20-25)31-37-27(28-34-19-26(33)41(28)38-31)35-24-12-8-22(9-13-24)30(43)39-15-17-44-18-16-39/h6-13,19,25H,4-5,14-18,20,33H2,1-3H3,(H,36,42)(H,35,37,38)/t25-/m1/s1. The maximum atomic E-state index is 13.1. The van der Waals surface area contributed by atoms with Gasteiger partial charge < -0.3 is 30.9 Å². The summed E-state index contributed by atoms with van der Waals surface area (Å²) in [5.41, 5.74) is 9.91. The molecule has 2 aromatic heterocycles. The SMILES string of the molecule is CC(C)(C)c1ccc(C(=O)N[C@@H]2CCCN(c3nc(Nc4ccc(C(=O)N5CCOCC5)cc4)c4ncc(N)n4n3)C2)cc1. The molecule has 12 nitrogen and oxygen atoms in total. The molecule has 230 valence electrons. The van der Waals surface area contributed by atoms with E-state index in [2.05, 4.69) is 46.4 Å². The Kier molecular flexibility index (Phi) is 8.09. The Morgan fingerprint density at radius 1 is 0.977 bits per heavy atom. The number of amides is 2. The zero-order chi connectivity index (χ0) is 30.8. The lowest BCUT2D eigenvalue weighted by molar-refractivity contribution is 0.0303. The Balaban J connectivity index is 1.17. The molecule has 12 heteroatoms. The Morgan fingerprint density at radius 2 is 1.68 bits per heavy atom. The number of nitrogen functional groups attached to an aromatic ring is 1. The Hall–Kier alpha value is -4.71. The number of imidazole rings is 1. The van der Waals surface area contributed by atoms with Crippen LogP contribution in [0.15, 0.2) is 54.7 Å². The maximum Gasteiger partial charge on any atom is 0.254 e. The van der Waals surface area contributed by atoms with Crippen LogP contribution in [0.4, 0.5) is 23.3 Å². The molecule has 4 N–H and O–H groups in total. The van der Waals surface area contributed by atoms with Gasteiger partial charge in [0.05, 0.1) is 19.4 Å². The van der Waals surface area contributed by atoms with Crippen molar-refractivity contribution in [1.82, 2.24) is 29.8 Å². The highest BCUT2D eigenvalue weighted by Gasteiger charge is 2.26. The summed E-state index contributed by atoms with van der Waals surface area (Å²) in [4.78, 5) is 39.1. The number of aromatic nitrogens is 4. The molecule has 6 rings (SSSR count). The number of rotatable bonds is 6. The average molecular weight is 598 g/mol. The van der Waals surface area contributed by atoms with E-state index in [1.54, 1.807) is 27.7 Å². The molecule has 0 bridgehead atoms. The van der Waals surface area contributed by atoms with Crippen LogP contribution in [0.5, 0.6) is 0 Å². The maximum absolute atomic E-state index is 13.1. The number of nitrogens with zero attached hydrogens (tertiary/aromatic N) is 6. The van der Waals surface area contributed by atoms with Gasteiger partial charge in [0.2, 0.25) is 5.95 Å². The summed E-state index contributed by atoms with van der Waals surface area (Å²) in [6, 6.07) is 15.0. The predicted octanol–water partition coefficient (Wildman–Crippen LogP) is 3.62. The van der Waals surface area contributed by atoms with E-state index in [-0.39, 0.29) is 23.3 Å². The fourth-order valence-corrected chi connectivity index (χ4v) is 5.55. The van der Waals surface area contributed by atoms with Crippen LogP contribution < -0.4 is 21.3 Å². The van der Waals surface area contributed by atoms with Crippen LogP contribution in [-0.2, 0) is 10.2 Å². The first-order valence-corrected chi connectivity index (χ1v) is 15.1. The zero-order valence-corrected chi connectivity index (χ0v) is 25.4. The molecule has 2 saturated heterocycles. The van der Waals surface area contributed by atoms with E-state index in [0.29, 0.717) is 67.2 Å². The molecule has 2 aliphatic rings. The molecule has 2 fully saturated rings. The van der Waals surface area contributed by atoms with Crippen molar-refractivity contribution in [3.05, 3.63) is 71.4 Å². The first-order chi connectivity index (χ1) is 21.2. The third-order valence-corrected chi connectivity index (χ3v) is 8.12. The fourth-order valence-electron chi connectivity index (χ4n) is 5.55. The molecular weight excluding hydrogens is 558 g/mol. The van der Waals surface area contributed by atoms with E-state index in [4.69, 9.17) is 15.5 Å². The normalized spacial score (nSPS) is 17.5. The van der Waals surface area contributed by atoms with Gasteiger partial charge in [-0.05, 0) is 60.2 Å². The second kappa shape index (κ2) is 12.1. The number of carbonyl (C=O) groups excluding carboxylic acids is 2. The quantitative estimate of drug-likeness (QED) is 0.304. The lowest BCUT2D eigenvalue weighted by atomic mass is 9.86. The zero-order valence-electron chi connectivity index (χ0n) is 25.4. The van der Waals surface area contributed by atoms with Gasteiger partial charge in [0.25, 0.3) is 11.8 Å². The van der Waals surface area contributed by atoms with Gasteiger partial charge >= 0.3 is 0 Å². The summed E-state index contributed by atoms with van der Waals surface area (Å²) in [6.07, 6.45) is 3.28. The number of hydrogen-bond acceptors (Lipinski definition) is 9. The number of hydrogen-bond donors (Lipinski definition) is 3. The molecule has 0 aliphatic carbocycles. The van der Waals surface area contributed by atoms with Crippen molar-refractivity contribution in [2.24, 2.45) is 0 Å². The van der Waals surface area contributed by atoms with Crippen LogP contribution >= 0.6 is 0 Å². The van der Waals surface area contributed by atoms with E-state index in [9.17, 15) is 9.59 Å². The van der Waals surface area contributed by atoms with Crippen molar-refractivity contribution < 1.29 is 14.3 Å². The molecule has 2 aliphatic heterocycles. The summed E-state index contributed by atoms with van der Waals surface area (Å²) in [5.74, 6) is 1.26. The summed E-state index contributed by atoms with van der Waals surface area (Å²) in [6.45, 7) is 10.1. The molecule has 4 heterocycles. The highest BCUT2D eigenvalue weighted by molar-refractivity contribution is 5.95. The smallest absolute Gasteiger partial charge is 0.254 e. The molecule has 0 spiro atoms. The van der Waals surface area contributed by atoms with E-state index < -0.39 is 0 Å². The minimum absolute atomic E-state index is 0.0127. The van der Waals surface area contributed by atoms with Gasteiger partial charge in [-0.2, -0.15) is 9.50 Å². The van der Waals surface area contributed by atoms with Gasteiger partial charge in [-0.1, -0.05) is 32.9 Å². The number of fused-ring (bicyclic) bond motifs is 1. The van der Waals surface area contributed by atoms with E-state index in [0.717, 1.165) is 25.1 Å². The monoisotopic (exact) mass is 597 g/mol. The Morgan fingerprint density at radius 3 is 2.39 bits per heavy atom. The first kappa shape index (κ1) is 29.4. The molecule has 2 aromatic carbocycles. The average Bonchev–Trinajstić information content (AvgIpc) is 3.42. The van der Waals surface area contributed by atoms with E-state index in [1.165, 1.54) is 5.56 Å². The Bertz CT molecular complexity index is 1640. The number of piperidine rings is 1. The predicted molar refractivity (Wildman–Crippen MR) is 169 cm³/mol. The molecule has 0 saturated carbocycles. The van der Waals surface area contributed by atoms with Gasteiger partial charge in [-0.15, -0.1) is 5.10 Å². The highest BCUT2D eigenvalue weighted by atomic mass is 16.5. The van der Waals surface area contributed by atoms with Crippen LogP contribution in [0.1, 0.15) is 59.9 Å². The topological polar surface area (TPSA) is 143 Å². The van der Waals surface area contributed by atoms with Crippen molar-refractivity contribution in [3.63, 3.8) is 0 Å². The number of nitrogens with one attached hydrogen (secondary N) is 2. The van der Waals surface area contributed by atoms with Gasteiger partial charge in [0.1, 0.15) is 5.82 Å². The number of benzene rings is 2. The number of nitrogens with two attached hydrogens (primary N) is 1. The van der Waals surface area contributed by atoms with Crippen LogP contribution in [0, 0.1) is 0 Å². The van der Waals surface area contributed by atoms with E-state index in [1.807, 2.05) is 36.4 Å². The van der Waals surface area contributed by atoms with Crippen molar-refractivity contribution in [1.29, 1.82) is 0 Å². The van der Waals surface area contributed by atoms with Gasteiger partial charge in [0.15, 0.2) is 11.5 Å². The van der Waals surface area contributed by atoms with Gasteiger partial charge in [-0.25, -0.2) is 4.98 Å².